The minimum Gasteiger partial charge on any atom is -0.462 e. The van der Waals surface area contributed by atoms with E-state index < -0.39 is 6.10 Å². The molecule has 72 heavy (non-hydrogen) atoms. The second-order valence-corrected chi connectivity index (χ2v) is 20.2. The molecule has 0 aliphatic rings. The van der Waals surface area contributed by atoms with E-state index in [0.717, 1.165) is 122 Å². The number of allylic oxidation sites excluding steroid dienone is 14. The lowest BCUT2D eigenvalue weighted by Gasteiger charge is -2.18. The van der Waals surface area contributed by atoms with Crippen LogP contribution in [0.2, 0.25) is 0 Å². The van der Waals surface area contributed by atoms with Crippen LogP contribution in [0.25, 0.3) is 0 Å². The number of hydrogen-bond acceptors (Lipinski definition) is 6. The lowest BCUT2D eigenvalue weighted by atomic mass is 10.0. The first kappa shape index (κ1) is 68.6. The Labute approximate surface area is 445 Å². The van der Waals surface area contributed by atoms with Gasteiger partial charge in [0.2, 0.25) is 0 Å². The maximum absolute atomic E-state index is 12.9. The van der Waals surface area contributed by atoms with Crippen molar-refractivity contribution in [1.29, 1.82) is 0 Å². The molecule has 0 bridgehead atoms. The third-order valence-electron chi connectivity index (χ3n) is 13.1. The third-order valence-corrected chi connectivity index (χ3v) is 13.1. The molecule has 0 amide bonds. The Morgan fingerprint density at radius 3 is 0.861 bits per heavy atom. The van der Waals surface area contributed by atoms with Gasteiger partial charge in [-0.15, -0.1) is 0 Å². The molecular weight excluding hydrogens is 889 g/mol. The molecule has 0 radical (unpaired) electrons. The van der Waals surface area contributed by atoms with Crippen LogP contribution in [0, 0.1) is 0 Å². The molecule has 0 spiro atoms. The zero-order chi connectivity index (χ0) is 52.2. The van der Waals surface area contributed by atoms with Gasteiger partial charge in [0.25, 0.3) is 0 Å². The molecule has 0 aromatic heterocycles. The van der Waals surface area contributed by atoms with E-state index in [0.29, 0.717) is 19.3 Å². The molecule has 6 nitrogen and oxygen atoms in total. The Morgan fingerprint density at radius 1 is 0.292 bits per heavy atom. The van der Waals surface area contributed by atoms with E-state index >= 15 is 0 Å². The Hall–Kier alpha value is -3.41. The van der Waals surface area contributed by atoms with E-state index in [4.69, 9.17) is 14.2 Å². The van der Waals surface area contributed by atoms with Crippen molar-refractivity contribution < 1.29 is 28.6 Å². The highest BCUT2D eigenvalue weighted by Gasteiger charge is 2.19. The van der Waals surface area contributed by atoms with Crippen LogP contribution in [0.1, 0.15) is 297 Å². The molecule has 0 saturated heterocycles. The number of carbonyl (C=O) groups is 3. The lowest BCUT2D eigenvalue weighted by molar-refractivity contribution is -0.167. The second-order valence-electron chi connectivity index (χ2n) is 20.2. The summed E-state index contributed by atoms with van der Waals surface area (Å²) < 4.78 is 16.9. The number of esters is 3. The summed E-state index contributed by atoms with van der Waals surface area (Å²) in [4.78, 5) is 38.2. The molecule has 0 aliphatic carbocycles. The van der Waals surface area contributed by atoms with Gasteiger partial charge < -0.3 is 14.2 Å². The standard InChI is InChI=1S/C66H114O6/c1-4-7-10-13-16-19-22-25-27-29-30-31-32-33-34-35-36-37-39-41-44-47-50-53-56-59-65(68)71-62-63(61-70-64(67)58-55-52-49-46-43-40-24-21-18-15-12-9-6-3)72-66(69)60-57-54-51-48-45-42-38-28-26-23-20-17-14-11-8-5-2/h7,10,16,19,25,27-28,30-31,33-34,36-38,63H,4-6,8-9,11-15,17-18,20-24,26,29,32,35,39-62H2,1-3H3/b10-7-,19-16-,27-25-,31-30-,34-33-,37-36-,38-28-. The maximum atomic E-state index is 12.9. The van der Waals surface area contributed by atoms with Gasteiger partial charge in [-0.25, -0.2) is 0 Å². The van der Waals surface area contributed by atoms with Gasteiger partial charge in [0, 0.05) is 19.3 Å². The predicted octanol–water partition coefficient (Wildman–Crippen LogP) is 20.7. The minimum absolute atomic E-state index is 0.0820. The monoisotopic (exact) mass is 1000 g/mol. The molecule has 1 unspecified atom stereocenters. The molecule has 0 saturated carbocycles. The van der Waals surface area contributed by atoms with Crippen molar-refractivity contribution >= 4 is 17.9 Å². The summed E-state index contributed by atoms with van der Waals surface area (Å²) in [5, 5.41) is 0. The van der Waals surface area contributed by atoms with Crippen molar-refractivity contribution in [2.75, 3.05) is 13.2 Å². The first-order chi connectivity index (χ1) is 35.5. The molecule has 0 aromatic rings. The van der Waals surface area contributed by atoms with Gasteiger partial charge in [-0.3, -0.25) is 14.4 Å². The highest BCUT2D eigenvalue weighted by atomic mass is 16.6. The van der Waals surface area contributed by atoms with Crippen LogP contribution in [-0.2, 0) is 28.6 Å². The first-order valence-electron chi connectivity index (χ1n) is 30.6. The average Bonchev–Trinajstić information content (AvgIpc) is 3.38. The molecule has 1 atom stereocenters. The fourth-order valence-corrected chi connectivity index (χ4v) is 8.56. The molecule has 0 N–H and O–H groups in total. The van der Waals surface area contributed by atoms with Crippen LogP contribution in [0.3, 0.4) is 0 Å². The van der Waals surface area contributed by atoms with Crippen LogP contribution in [0.4, 0.5) is 0 Å². The SMILES string of the molecule is CC/C=C\C/C=C\C/C=C\C/C=C\C/C=C\C/C=C\CCCCCCCCC(=O)OCC(COC(=O)CCCCCCCCCCCCCCC)OC(=O)CCCCCCC/C=C\CCCCCCCCC. The molecule has 0 heterocycles. The van der Waals surface area contributed by atoms with Gasteiger partial charge in [0.15, 0.2) is 6.10 Å². The van der Waals surface area contributed by atoms with E-state index in [9.17, 15) is 14.4 Å². The zero-order valence-corrected chi connectivity index (χ0v) is 47.4. The first-order valence-corrected chi connectivity index (χ1v) is 30.6. The summed E-state index contributed by atoms with van der Waals surface area (Å²) in [5.74, 6) is -0.896. The van der Waals surface area contributed by atoms with E-state index in [2.05, 4.69) is 106 Å². The number of carbonyl (C=O) groups excluding carboxylic acids is 3. The van der Waals surface area contributed by atoms with Crippen molar-refractivity contribution in [2.24, 2.45) is 0 Å². The normalized spacial score (nSPS) is 12.7. The minimum atomic E-state index is -0.786. The van der Waals surface area contributed by atoms with Crippen molar-refractivity contribution in [3.8, 4) is 0 Å². The van der Waals surface area contributed by atoms with E-state index in [1.54, 1.807) is 0 Å². The summed E-state index contributed by atoms with van der Waals surface area (Å²) in [7, 11) is 0. The molecular formula is C66H114O6. The van der Waals surface area contributed by atoms with E-state index in [1.807, 2.05) is 0 Å². The summed E-state index contributed by atoms with van der Waals surface area (Å²) >= 11 is 0. The van der Waals surface area contributed by atoms with Gasteiger partial charge in [-0.2, -0.15) is 0 Å². The van der Waals surface area contributed by atoms with Gasteiger partial charge in [-0.05, 0) is 96.3 Å². The number of rotatable bonds is 55. The summed E-state index contributed by atoms with van der Waals surface area (Å²) in [6.45, 7) is 6.53. The number of hydrogen-bond donors (Lipinski definition) is 0. The number of unbranched alkanes of at least 4 members (excludes halogenated alkanes) is 30. The Bertz CT molecular complexity index is 1380. The smallest absolute Gasteiger partial charge is 0.306 e. The largest absolute Gasteiger partial charge is 0.462 e. The molecule has 0 aliphatic heterocycles. The van der Waals surface area contributed by atoms with Crippen LogP contribution in [-0.4, -0.2) is 37.2 Å². The highest BCUT2D eigenvalue weighted by molar-refractivity contribution is 5.71. The Balaban J connectivity index is 4.36. The zero-order valence-electron chi connectivity index (χ0n) is 47.4. The van der Waals surface area contributed by atoms with Crippen LogP contribution >= 0.6 is 0 Å². The predicted molar refractivity (Wildman–Crippen MR) is 311 cm³/mol. The van der Waals surface area contributed by atoms with Gasteiger partial charge >= 0.3 is 17.9 Å². The van der Waals surface area contributed by atoms with Crippen molar-refractivity contribution in [2.45, 2.75) is 303 Å². The summed E-state index contributed by atoms with van der Waals surface area (Å²) in [6.07, 6.45) is 78.6. The quantitative estimate of drug-likeness (QED) is 0.0261. The summed E-state index contributed by atoms with van der Waals surface area (Å²) in [6, 6.07) is 0. The van der Waals surface area contributed by atoms with E-state index in [-0.39, 0.29) is 31.1 Å². The second kappa shape index (κ2) is 60.1. The molecule has 6 heteroatoms. The van der Waals surface area contributed by atoms with Crippen molar-refractivity contribution in [3.05, 3.63) is 85.1 Å². The summed E-state index contributed by atoms with van der Waals surface area (Å²) in [5.41, 5.74) is 0. The maximum Gasteiger partial charge on any atom is 0.306 e. The van der Waals surface area contributed by atoms with E-state index in [1.165, 1.54) is 135 Å². The molecule has 0 fully saturated rings. The Kier molecular flexibility index (Phi) is 57.3. The fourth-order valence-electron chi connectivity index (χ4n) is 8.56. The van der Waals surface area contributed by atoms with Crippen LogP contribution in [0.5, 0.6) is 0 Å². The van der Waals surface area contributed by atoms with Crippen LogP contribution < -0.4 is 0 Å². The van der Waals surface area contributed by atoms with Gasteiger partial charge in [-0.1, -0.05) is 266 Å². The number of ether oxygens (including phenoxy) is 3. The lowest BCUT2D eigenvalue weighted by Crippen LogP contribution is -2.30. The average molecular weight is 1000 g/mol. The molecule has 414 valence electrons. The third kappa shape index (κ3) is 57.5. The van der Waals surface area contributed by atoms with Crippen molar-refractivity contribution in [1.82, 2.24) is 0 Å². The fraction of sp³-hybridized carbons (Fsp3) is 0.742. The van der Waals surface area contributed by atoms with Gasteiger partial charge in [0.05, 0.1) is 0 Å². The highest BCUT2D eigenvalue weighted by Crippen LogP contribution is 2.16. The topological polar surface area (TPSA) is 78.9 Å². The van der Waals surface area contributed by atoms with Crippen molar-refractivity contribution in [3.63, 3.8) is 0 Å². The van der Waals surface area contributed by atoms with Crippen LogP contribution in [0.15, 0.2) is 85.1 Å². The van der Waals surface area contributed by atoms with Gasteiger partial charge in [0.1, 0.15) is 13.2 Å². The molecule has 0 aromatic carbocycles. The Morgan fingerprint density at radius 2 is 0.542 bits per heavy atom. The molecule has 0 rings (SSSR count).